The van der Waals surface area contributed by atoms with Crippen molar-refractivity contribution in [1.82, 2.24) is 14.5 Å². The van der Waals surface area contributed by atoms with E-state index in [2.05, 4.69) is 44.9 Å². The normalized spacial score (nSPS) is 12.2. The molecule has 0 aliphatic carbocycles. The Morgan fingerprint density at radius 3 is 2.58 bits per heavy atom. The first-order valence-corrected chi connectivity index (χ1v) is 8.31. The lowest BCUT2D eigenvalue weighted by molar-refractivity contribution is 0.156. The summed E-state index contributed by atoms with van der Waals surface area (Å²) < 4.78 is 7.67. The van der Waals surface area contributed by atoms with E-state index in [1.165, 1.54) is 5.56 Å². The van der Waals surface area contributed by atoms with Crippen molar-refractivity contribution in [3.8, 4) is 0 Å². The van der Waals surface area contributed by atoms with Crippen molar-refractivity contribution in [2.24, 2.45) is 0 Å². The van der Waals surface area contributed by atoms with Crippen LogP contribution in [-0.4, -0.2) is 28.3 Å². The van der Waals surface area contributed by atoms with Gasteiger partial charge in [0.1, 0.15) is 5.52 Å². The standard InChI is InChI=1S/C20H20N4O.ClH/c1-25-12-15(11-14-7-3-2-4-8-14)24-13-22-18-19(24)16-9-5-6-10-17(16)23-20(18)21;/h2-10,13,15H,11-12H2,1H3,(H2,21,23);1H/t15-;/m0./s1. The number of methoxy groups -OCH3 is 1. The van der Waals surface area contributed by atoms with Crippen LogP contribution in [0.4, 0.5) is 5.82 Å². The summed E-state index contributed by atoms with van der Waals surface area (Å²) in [7, 11) is 1.73. The van der Waals surface area contributed by atoms with Gasteiger partial charge in [-0.2, -0.15) is 0 Å². The summed E-state index contributed by atoms with van der Waals surface area (Å²) in [6.45, 7) is 0.594. The highest BCUT2D eigenvalue weighted by atomic mass is 35.5. The van der Waals surface area contributed by atoms with E-state index in [1.54, 1.807) is 7.11 Å². The fraction of sp³-hybridized carbons (Fsp3) is 0.200. The summed E-state index contributed by atoms with van der Waals surface area (Å²) in [6.07, 6.45) is 2.71. The van der Waals surface area contributed by atoms with Crippen LogP contribution in [-0.2, 0) is 11.2 Å². The maximum Gasteiger partial charge on any atom is 0.152 e. The van der Waals surface area contributed by atoms with Gasteiger partial charge in [-0.3, -0.25) is 0 Å². The highest BCUT2D eigenvalue weighted by Gasteiger charge is 2.18. The monoisotopic (exact) mass is 368 g/mol. The molecule has 0 fully saturated rings. The number of pyridine rings is 1. The van der Waals surface area contributed by atoms with Crippen LogP contribution < -0.4 is 5.73 Å². The van der Waals surface area contributed by atoms with Crippen LogP contribution >= 0.6 is 12.4 Å². The van der Waals surface area contributed by atoms with Crippen LogP contribution in [0.1, 0.15) is 11.6 Å². The molecule has 26 heavy (non-hydrogen) atoms. The second kappa shape index (κ2) is 7.72. The Labute approximate surface area is 158 Å². The summed E-state index contributed by atoms with van der Waals surface area (Å²) in [5.41, 5.74) is 10.0. The molecule has 2 N–H and O–H groups in total. The third-order valence-corrected chi connectivity index (χ3v) is 4.50. The smallest absolute Gasteiger partial charge is 0.152 e. The molecule has 6 heteroatoms. The predicted molar refractivity (Wildman–Crippen MR) is 108 cm³/mol. The predicted octanol–water partition coefficient (Wildman–Crippen LogP) is 4.02. The zero-order chi connectivity index (χ0) is 17.2. The Morgan fingerprint density at radius 2 is 1.81 bits per heavy atom. The Morgan fingerprint density at radius 1 is 1.08 bits per heavy atom. The van der Waals surface area contributed by atoms with Crippen LogP contribution in [0.5, 0.6) is 0 Å². The first-order chi connectivity index (χ1) is 12.3. The Balaban J connectivity index is 0.00000196. The molecule has 2 heterocycles. The molecule has 5 nitrogen and oxygen atoms in total. The lowest BCUT2D eigenvalue weighted by Gasteiger charge is -2.19. The average molecular weight is 369 g/mol. The Kier molecular flexibility index (Phi) is 5.40. The number of fused-ring (bicyclic) bond motifs is 3. The summed E-state index contributed by atoms with van der Waals surface area (Å²) in [6, 6.07) is 18.6. The molecule has 2 aromatic carbocycles. The Hall–Kier alpha value is -2.63. The van der Waals surface area contributed by atoms with Crippen molar-refractivity contribution in [2.45, 2.75) is 12.5 Å². The van der Waals surface area contributed by atoms with Crippen LogP contribution in [0.15, 0.2) is 60.9 Å². The number of nitrogens with zero attached hydrogens (tertiary/aromatic N) is 3. The van der Waals surface area contributed by atoms with Crippen LogP contribution in [0.25, 0.3) is 21.9 Å². The van der Waals surface area contributed by atoms with Crippen molar-refractivity contribution in [3.63, 3.8) is 0 Å². The van der Waals surface area contributed by atoms with E-state index in [0.29, 0.717) is 12.4 Å². The Bertz CT molecular complexity index is 1020. The van der Waals surface area contributed by atoms with E-state index in [-0.39, 0.29) is 18.4 Å². The number of imidazole rings is 1. The van der Waals surface area contributed by atoms with Gasteiger partial charge >= 0.3 is 0 Å². The second-order valence-corrected chi connectivity index (χ2v) is 6.16. The van der Waals surface area contributed by atoms with E-state index in [9.17, 15) is 0 Å². The molecular formula is C20H21ClN4O. The van der Waals surface area contributed by atoms with E-state index in [4.69, 9.17) is 10.5 Å². The average Bonchev–Trinajstić information content (AvgIpc) is 3.08. The van der Waals surface area contributed by atoms with Crippen molar-refractivity contribution in [3.05, 3.63) is 66.5 Å². The maximum atomic E-state index is 6.14. The quantitative estimate of drug-likeness (QED) is 0.577. The fourth-order valence-corrected chi connectivity index (χ4v) is 3.36. The minimum atomic E-state index is 0. The molecule has 4 aromatic rings. The van der Waals surface area contributed by atoms with Gasteiger partial charge in [-0.1, -0.05) is 48.5 Å². The van der Waals surface area contributed by atoms with E-state index >= 15 is 0 Å². The van der Waals surface area contributed by atoms with Crippen LogP contribution in [0.3, 0.4) is 0 Å². The number of hydrogen-bond donors (Lipinski definition) is 1. The first-order valence-electron chi connectivity index (χ1n) is 8.31. The second-order valence-electron chi connectivity index (χ2n) is 6.16. The third-order valence-electron chi connectivity index (χ3n) is 4.50. The summed E-state index contributed by atoms with van der Waals surface area (Å²) in [5.74, 6) is 0.461. The van der Waals surface area contributed by atoms with E-state index in [1.807, 2.05) is 30.6 Å². The highest BCUT2D eigenvalue weighted by molar-refractivity contribution is 6.06. The van der Waals surface area contributed by atoms with Gasteiger partial charge in [0.25, 0.3) is 0 Å². The first kappa shape index (κ1) is 18.2. The third kappa shape index (κ3) is 3.23. The summed E-state index contributed by atoms with van der Waals surface area (Å²) in [5, 5.41) is 1.05. The van der Waals surface area contributed by atoms with Gasteiger partial charge in [-0.05, 0) is 18.1 Å². The van der Waals surface area contributed by atoms with Crippen molar-refractivity contribution >= 4 is 40.2 Å². The number of para-hydroxylation sites is 1. The van der Waals surface area contributed by atoms with Gasteiger partial charge in [-0.25, -0.2) is 9.97 Å². The molecule has 0 spiro atoms. The number of hydrogen-bond acceptors (Lipinski definition) is 4. The number of aromatic nitrogens is 3. The SMILES string of the molecule is COC[C@H](Cc1ccccc1)n1cnc2c(N)nc3ccccc3c21.Cl. The van der Waals surface area contributed by atoms with Crippen LogP contribution in [0.2, 0.25) is 0 Å². The van der Waals surface area contributed by atoms with Crippen molar-refractivity contribution in [1.29, 1.82) is 0 Å². The minimum Gasteiger partial charge on any atom is -0.383 e. The lowest BCUT2D eigenvalue weighted by atomic mass is 10.1. The van der Waals surface area contributed by atoms with E-state index in [0.717, 1.165) is 28.4 Å². The van der Waals surface area contributed by atoms with Gasteiger partial charge in [0.2, 0.25) is 0 Å². The summed E-state index contributed by atoms with van der Waals surface area (Å²) in [4.78, 5) is 9.01. The molecule has 0 bridgehead atoms. The molecule has 4 rings (SSSR count). The van der Waals surface area contributed by atoms with E-state index < -0.39 is 0 Å². The zero-order valence-corrected chi connectivity index (χ0v) is 15.3. The molecule has 0 amide bonds. The fourth-order valence-electron chi connectivity index (χ4n) is 3.36. The molecule has 0 unspecified atom stereocenters. The maximum absolute atomic E-state index is 6.14. The molecule has 0 saturated heterocycles. The number of ether oxygens (including phenoxy) is 1. The topological polar surface area (TPSA) is 66.0 Å². The molecular weight excluding hydrogens is 348 g/mol. The van der Waals surface area contributed by atoms with Gasteiger partial charge in [0.05, 0.1) is 30.0 Å². The van der Waals surface area contributed by atoms with Gasteiger partial charge in [-0.15, -0.1) is 12.4 Å². The molecule has 0 saturated carbocycles. The molecule has 1 atom stereocenters. The number of rotatable bonds is 5. The van der Waals surface area contributed by atoms with Gasteiger partial charge < -0.3 is 15.0 Å². The van der Waals surface area contributed by atoms with Gasteiger partial charge in [0.15, 0.2) is 5.82 Å². The lowest BCUT2D eigenvalue weighted by Crippen LogP contribution is -2.17. The minimum absolute atomic E-state index is 0. The highest BCUT2D eigenvalue weighted by Crippen LogP contribution is 2.30. The van der Waals surface area contributed by atoms with Crippen molar-refractivity contribution < 1.29 is 4.74 Å². The molecule has 134 valence electrons. The molecule has 0 aliphatic rings. The van der Waals surface area contributed by atoms with Crippen molar-refractivity contribution in [2.75, 3.05) is 19.5 Å². The van der Waals surface area contributed by atoms with Gasteiger partial charge in [0, 0.05) is 12.5 Å². The number of anilines is 1. The number of halogens is 1. The summed E-state index contributed by atoms with van der Waals surface area (Å²) >= 11 is 0. The number of nitrogens with two attached hydrogens (primary N) is 1. The number of nitrogen functional groups attached to an aromatic ring is 1. The zero-order valence-electron chi connectivity index (χ0n) is 14.5. The largest absolute Gasteiger partial charge is 0.383 e. The number of benzene rings is 2. The van der Waals surface area contributed by atoms with Crippen LogP contribution in [0, 0.1) is 0 Å². The molecule has 0 aliphatic heterocycles. The molecule has 0 radical (unpaired) electrons. The molecule has 2 aromatic heterocycles.